The molecule has 0 aliphatic carbocycles. The zero-order valence-corrected chi connectivity index (χ0v) is 32.9. The number of carbonyl (C=O) groups excluding carboxylic acids is 2. The van der Waals surface area contributed by atoms with E-state index in [4.69, 9.17) is 0 Å². The summed E-state index contributed by atoms with van der Waals surface area (Å²) in [5.41, 5.74) is 6.61. The molecule has 2 aromatic heterocycles. The quantitative estimate of drug-likeness (QED) is 0.194. The highest BCUT2D eigenvalue weighted by atomic mass is 79.9. The van der Waals surface area contributed by atoms with E-state index < -0.39 is 0 Å². The number of amides is 2. The first kappa shape index (κ1) is 39.1. The Kier molecular flexibility index (Phi) is 14.3. The lowest BCUT2D eigenvalue weighted by molar-refractivity contribution is -0.689. The highest BCUT2D eigenvalue weighted by molar-refractivity contribution is 5.94. The first-order chi connectivity index (χ1) is 24.6. The van der Waals surface area contributed by atoms with Crippen molar-refractivity contribution in [3.05, 3.63) is 167 Å². The highest BCUT2D eigenvalue weighted by Crippen LogP contribution is 2.24. The largest absolute Gasteiger partial charge is 1.00 e. The summed E-state index contributed by atoms with van der Waals surface area (Å²) in [5, 5.41) is 0. The summed E-state index contributed by atoms with van der Waals surface area (Å²) in [6.45, 7) is 4.65. The molecule has 270 valence electrons. The highest BCUT2D eigenvalue weighted by Gasteiger charge is 2.26. The van der Waals surface area contributed by atoms with Crippen molar-refractivity contribution in [3.63, 3.8) is 0 Å². The molecule has 2 aliphatic heterocycles. The van der Waals surface area contributed by atoms with Crippen LogP contribution in [0.4, 0.5) is 0 Å². The minimum Gasteiger partial charge on any atom is -1.00 e. The number of rotatable bonds is 10. The third-order valence-corrected chi connectivity index (χ3v) is 10.5. The van der Waals surface area contributed by atoms with Crippen molar-refractivity contribution in [1.29, 1.82) is 0 Å². The molecule has 0 spiro atoms. The van der Waals surface area contributed by atoms with Crippen molar-refractivity contribution in [3.8, 4) is 0 Å². The zero-order chi connectivity index (χ0) is 34.1. The Morgan fingerprint density at radius 3 is 1.21 bits per heavy atom. The van der Waals surface area contributed by atoms with Gasteiger partial charge in [0.1, 0.15) is 11.1 Å². The Balaban J connectivity index is 0.00000261. The Hall–Kier alpha value is -4.14. The first-order valence-corrected chi connectivity index (χ1v) is 18.3. The SMILES string of the molecule is O=C(c1ccc[n+](Cc2ccc(C[n+]3cccc(C(=O)N4CCC(Cc5ccccc5)CC4)c3)cc2)c1)N1CCC(Cc2ccccc2)CC1.[Br-].[Br-]. The molecule has 0 saturated carbocycles. The Morgan fingerprint density at radius 2 is 0.846 bits per heavy atom. The van der Waals surface area contributed by atoms with Gasteiger partial charge in [-0.25, -0.2) is 0 Å². The molecule has 0 N–H and O–H groups in total. The van der Waals surface area contributed by atoms with Crippen molar-refractivity contribution in [2.75, 3.05) is 26.2 Å². The van der Waals surface area contributed by atoms with Gasteiger partial charge in [0.05, 0.1) is 0 Å². The minimum absolute atomic E-state index is 0. The molecule has 52 heavy (non-hydrogen) atoms. The normalized spacial score (nSPS) is 15.0. The smallest absolute Gasteiger partial charge is 0.259 e. The van der Waals surface area contributed by atoms with E-state index in [0.29, 0.717) is 24.9 Å². The van der Waals surface area contributed by atoms with Gasteiger partial charge in [-0.3, -0.25) is 9.59 Å². The fourth-order valence-corrected chi connectivity index (χ4v) is 7.61. The summed E-state index contributed by atoms with van der Waals surface area (Å²) in [7, 11) is 0. The van der Waals surface area contributed by atoms with Crippen molar-refractivity contribution >= 4 is 11.8 Å². The fourth-order valence-electron chi connectivity index (χ4n) is 7.61. The molecule has 4 heterocycles. The van der Waals surface area contributed by atoms with Gasteiger partial charge in [0.2, 0.25) is 0 Å². The molecule has 2 amide bonds. The number of carbonyl (C=O) groups is 2. The van der Waals surface area contributed by atoms with E-state index in [-0.39, 0.29) is 45.8 Å². The molecule has 3 aromatic carbocycles. The van der Waals surface area contributed by atoms with Gasteiger partial charge >= 0.3 is 0 Å². The minimum atomic E-state index is 0. The molecule has 0 atom stereocenters. The van der Waals surface area contributed by atoms with Gasteiger partial charge in [0.25, 0.3) is 11.8 Å². The van der Waals surface area contributed by atoms with Crippen LogP contribution >= 0.6 is 0 Å². The number of aromatic nitrogens is 2. The van der Waals surface area contributed by atoms with E-state index in [1.807, 2.05) is 58.9 Å². The lowest BCUT2D eigenvalue weighted by Gasteiger charge is -2.32. The van der Waals surface area contributed by atoms with Gasteiger partial charge in [-0.1, -0.05) is 84.9 Å². The van der Waals surface area contributed by atoms with Crippen LogP contribution in [0.5, 0.6) is 0 Å². The van der Waals surface area contributed by atoms with Crippen LogP contribution < -0.4 is 43.1 Å². The standard InChI is InChI=1S/C44H48N4O2.2BrH/c49-43(47-25-19-37(20-26-47)29-35-9-3-1-4-10-35)41-13-7-23-45(33-41)31-39-15-17-40(18-16-39)32-46-24-8-14-42(34-46)44(50)48-27-21-38(22-28-48)30-36-11-5-2-6-12-36;;/h1-18,23-24,33-34,37-38H,19-22,25-32H2;2*1H/q+2;;/p-2. The van der Waals surface area contributed by atoms with Crippen LogP contribution in [0, 0.1) is 11.8 Å². The second-order valence-electron chi connectivity index (χ2n) is 14.2. The van der Waals surface area contributed by atoms with Gasteiger partial charge < -0.3 is 43.8 Å². The topological polar surface area (TPSA) is 48.4 Å². The van der Waals surface area contributed by atoms with Crippen molar-refractivity contribution in [1.82, 2.24) is 9.80 Å². The number of hydrogen-bond donors (Lipinski definition) is 0. The number of likely N-dealkylation sites (tertiary alicyclic amines) is 2. The fraction of sp³-hybridized carbons (Fsp3) is 0.318. The molecule has 8 heteroatoms. The molecule has 0 radical (unpaired) electrons. The molecule has 0 bridgehead atoms. The molecular weight excluding hydrogens is 776 g/mol. The van der Waals surface area contributed by atoms with Crippen LogP contribution in [-0.2, 0) is 25.9 Å². The van der Waals surface area contributed by atoms with Crippen LogP contribution in [0.3, 0.4) is 0 Å². The van der Waals surface area contributed by atoms with E-state index >= 15 is 0 Å². The summed E-state index contributed by atoms with van der Waals surface area (Å²) >= 11 is 0. The predicted molar refractivity (Wildman–Crippen MR) is 195 cm³/mol. The number of halogens is 2. The van der Waals surface area contributed by atoms with Gasteiger partial charge in [-0.05, 0) is 73.6 Å². The summed E-state index contributed by atoms with van der Waals surface area (Å²) in [4.78, 5) is 30.8. The summed E-state index contributed by atoms with van der Waals surface area (Å²) in [6.07, 6.45) is 14.4. The van der Waals surface area contributed by atoms with Gasteiger partial charge in [0.15, 0.2) is 37.9 Å². The molecule has 2 fully saturated rings. The molecule has 2 aliphatic rings. The maximum Gasteiger partial charge on any atom is 0.259 e. The summed E-state index contributed by atoms with van der Waals surface area (Å²) in [6, 6.07) is 37.8. The van der Waals surface area contributed by atoms with Crippen LogP contribution in [0.2, 0.25) is 0 Å². The zero-order valence-electron chi connectivity index (χ0n) is 29.7. The molecular formula is C44H48Br2N4O2. The van der Waals surface area contributed by atoms with Crippen LogP contribution in [0.1, 0.15) is 68.7 Å². The van der Waals surface area contributed by atoms with Crippen molar-refractivity contribution in [2.24, 2.45) is 11.8 Å². The van der Waals surface area contributed by atoms with Crippen molar-refractivity contribution < 1.29 is 52.7 Å². The first-order valence-electron chi connectivity index (χ1n) is 18.3. The van der Waals surface area contributed by atoms with Crippen LogP contribution in [0.25, 0.3) is 0 Å². The van der Waals surface area contributed by atoms with E-state index in [9.17, 15) is 9.59 Å². The Bertz CT molecular complexity index is 1730. The van der Waals surface area contributed by atoms with E-state index in [2.05, 4.69) is 94.1 Å². The molecule has 7 rings (SSSR count). The Morgan fingerprint density at radius 1 is 0.481 bits per heavy atom. The van der Waals surface area contributed by atoms with E-state index in [1.54, 1.807) is 0 Å². The summed E-state index contributed by atoms with van der Waals surface area (Å²) < 4.78 is 4.19. The average molecular weight is 825 g/mol. The third kappa shape index (κ3) is 10.5. The van der Waals surface area contributed by atoms with Crippen LogP contribution in [-0.4, -0.2) is 47.8 Å². The monoisotopic (exact) mass is 822 g/mol. The maximum atomic E-state index is 13.4. The number of hydrogen-bond acceptors (Lipinski definition) is 2. The van der Waals surface area contributed by atoms with E-state index in [0.717, 1.165) is 75.8 Å². The van der Waals surface area contributed by atoms with Gasteiger partial charge in [-0.15, -0.1) is 0 Å². The second kappa shape index (κ2) is 19.1. The second-order valence-corrected chi connectivity index (χ2v) is 14.2. The molecule has 5 aromatic rings. The van der Waals surface area contributed by atoms with Gasteiger partial charge in [0, 0.05) is 49.4 Å². The molecule has 0 unspecified atom stereocenters. The number of pyridine rings is 2. The van der Waals surface area contributed by atoms with Crippen LogP contribution in [0.15, 0.2) is 134 Å². The maximum absolute atomic E-state index is 13.4. The van der Waals surface area contributed by atoms with Crippen molar-refractivity contribution in [2.45, 2.75) is 51.6 Å². The average Bonchev–Trinajstić information content (AvgIpc) is 3.17. The lowest BCUT2D eigenvalue weighted by atomic mass is 9.90. The number of nitrogens with zero attached hydrogens (tertiary/aromatic N) is 4. The van der Waals surface area contributed by atoms with Gasteiger partial charge in [-0.2, -0.15) is 9.13 Å². The number of piperidine rings is 2. The summed E-state index contributed by atoms with van der Waals surface area (Å²) in [5.74, 6) is 1.51. The third-order valence-electron chi connectivity index (χ3n) is 10.5. The molecule has 6 nitrogen and oxygen atoms in total. The molecule has 2 saturated heterocycles. The lowest BCUT2D eigenvalue weighted by Crippen LogP contribution is -3.00. The number of benzene rings is 3. The van der Waals surface area contributed by atoms with E-state index in [1.165, 1.54) is 22.3 Å². The Labute approximate surface area is 329 Å². The predicted octanol–water partition coefficient (Wildman–Crippen LogP) is 0.556.